The summed E-state index contributed by atoms with van der Waals surface area (Å²) in [4.78, 5) is 2.45. The Morgan fingerprint density at radius 1 is 1.31 bits per heavy atom. The van der Waals surface area contributed by atoms with Gasteiger partial charge in [0.2, 0.25) is 0 Å². The fourth-order valence-electron chi connectivity index (χ4n) is 2.31. The SMILES string of the molecule is C=C(C)C1CCCN1C(=C)C(C)[N+](C)(C)C. The van der Waals surface area contributed by atoms with Gasteiger partial charge in [-0.25, -0.2) is 0 Å². The average Bonchev–Trinajstić information content (AvgIpc) is 2.62. The third-order valence-electron chi connectivity index (χ3n) is 3.83. The van der Waals surface area contributed by atoms with E-state index in [0.29, 0.717) is 12.1 Å². The van der Waals surface area contributed by atoms with Crippen LogP contribution in [-0.2, 0) is 0 Å². The van der Waals surface area contributed by atoms with E-state index in [9.17, 15) is 0 Å². The van der Waals surface area contributed by atoms with E-state index < -0.39 is 0 Å². The summed E-state index contributed by atoms with van der Waals surface area (Å²) in [6.07, 6.45) is 2.50. The zero-order valence-electron chi connectivity index (χ0n) is 11.6. The zero-order chi connectivity index (χ0) is 12.5. The van der Waals surface area contributed by atoms with Crippen molar-refractivity contribution >= 4 is 0 Å². The third kappa shape index (κ3) is 2.67. The minimum Gasteiger partial charge on any atom is -0.364 e. The van der Waals surface area contributed by atoms with Gasteiger partial charge in [0.15, 0.2) is 0 Å². The summed E-state index contributed by atoms with van der Waals surface area (Å²) in [6, 6.07) is 0.974. The molecule has 0 bridgehead atoms. The predicted octanol–water partition coefficient (Wildman–Crippen LogP) is 2.64. The van der Waals surface area contributed by atoms with Crippen LogP contribution in [-0.4, -0.2) is 49.2 Å². The van der Waals surface area contributed by atoms with Crippen molar-refractivity contribution in [2.24, 2.45) is 0 Å². The zero-order valence-corrected chi connectivity index (χ0v) is 11.6. The first kappa shape index (κ1) is 13.3. The maximum atomic E-state index is 4.30. The molecule has 0 N–H and O–H groups in total. The van der Waals surface area contributed by atoms with E-state index in [2.05, 4.69) is 53.0 Å². The van der Waals surface area contributed by atoms with Gasteiger partial charge < -0.3 is 9.38 Å². The number of likely N-dealkylation sites (tertiary alicyclic amines) is 1. The number of quaternary nitrogens is 1. The topological polar surface area (TPSA) is 3.24 Å². The van der Waals surface area contributed by atoms with Crippen molar-refractivity contribution < 1.29 is 4.48 Å². The molecule has 92 valence electrons. The van der Waals surface area contributed by atoms with Crippen LogP contribution in [0.4, 0.5) is 0 Å². The van der Waals surface area contributed by atoms with Gasteiger partial charge in [0.25, 0.3) is 0 Å². The van der Waals surface area contributed by atoms with Crippen molar-refractivity contribution in [3.8, 4) is 0 Å². The summed E-state index contributed by atoms with van der Waals surface area (Å²) >= 11 is 0. The molecule has 2 nitrogen and oxygen atoms in total. The highest BCUT2D eigenvalue weighted by Gasteiger charge is 2.32. The Morgan fingerprint density at radius 2 is 1.88 bits per heavy atom. The fraction of sp³-hybridized carbons (Fsp3) is 0.714. The van der Waals surface area contributed by atoms with Crippen LogP contribution in [0.2, 0.25) is 0 Å². The van der Waals surface area contributed by atoms with Gasteiger partial charge in [-0.3, -0.25) is 0 Å². The Balaban J connectivity index is 2.77. The molecule has 1 rings (SSSR count). The monoisotopic (exact) mass is 223 g/mol. The van der Waals surface area contributed by atoms with Crippen molar-refractivity contribution in [3.05, 3.63) is 24.4 Å². The molecule has 0 amide bonds. The van der Waals surface area contributed by atoms with Crippen LogP contribution >= 0.6 is 0 Å². The molecule has 0 aromatic carbocycles. The van der Waals surface area contributed by atoms with Crippen LogP contribution in [0.5, 0.6) is 0 Å². The van der Waals surface area contributed by atoms with E-state index in [-0.39, 0.29) is 0 Å². The van der Waals surface area contributed by atoms with Gasteiger partial charge >= 0.3 is 0 Å². The molecule has 0 saturated carbocycles. The molecular formula is C14H27N2+. The van der Waals surface area contributed by atoms with E-state index in [1.54, 1.807) is 0 Å². The standard InChI is InChI=1S/C14H27N2/c1-11(2)14-9-8-10-15(14)12(3)13(4)16(5,6)7/h13-14H,1,3,8-10H2,2,4-7H3/q+1. The third-order valence-corrected chi connectivity index (χ3v) is 3.83. The molecule has 1 saturated heterocycles. The molecule has 1 aliphatic heterocycles. The van der Waals surface area contributed by atoms with Gasteiger partial charge in [0, 0.05) is 12.6 Å². The molecule has 2 heteroatoms. The van der Waals surface area contributed by atoms with Gasteiger partial charge in [-0.2, -0.15) is 0 Å². The number of hydrogen-bond donors (Lipinski definition) is 0. The smallest absolute Gasteiger partial charge is 0.125 e. The maximum absolute atomic E-state index is 4.30. The largest absolute Gasteiger partial charge is 0.364 e. The molecule has 1 fully saturated rings. The Bertz CT molecular complexity index is 286. The molecule has 2 atom stereocenters. The number of likely N-dealkylation sites (N-methyl/N-ethyl adjacent to an activating group) is 1. The number of nitrogens with zero attached hydrogens (tertiary/aromatic N) is 2. The molecule has 0 aliphatic carbocycles. The van der Waals surface area contributed by atoms with Crippen LogP contribution < -0.4 is 0 Å². The number of rotatable bonds is 4. The van der Waals surface area contributed by atoms with E-state index in [0.717, 1.165) is 11.0 Å². The van der Waals surface area contributed by atoms with Crippen molar-refractivity contribution in [2.45, 2.75) is 38.8 Å². The second-order valence-electron chi connectivity index (χ2n) is 5.98. The highest BCUT2D eigenvalue weighted by molar-refractivity contribution is 5.13. The van der Waals surface area contributed by atoms with Gasteiger partial charge in [0.05, 0.1) is 26.8 Å². The lowest BCUT2D eigenvalue weighted by Crippen LogP contribution is -2.48. The molecule has 0 aromatic rings. The lowest BCUT2D eigenvalue weighted by atomic mass is 10.1. The van der Waals surface area contributed by atoms with E-state index in [1.807, 2.05) is 0 Å². The molecule has 0 aromatic heterocycles. The summed E-state index contributed by atoms with van der Waals surface area (Å²) < 4.78 is 0.929. The summed E-state index contributed by atoms with van der Waals surface area (Å²) in [6.45, 7) is 13.9. The normalized spacial score (nSPS) is 23.3. The molecular weight excluding hydrogens is 196 g/mol. The second-order valence-corrected chi connectivity index (χ2v) is 5.98. The van der Waals surface area contributed by atoms with Crippen molar-refractivity contribution in [2.75, 3.05) is 27.7 Å². The van der Waals surface area contributed by atoms with Gasteiger partial charge in [0.1, 0.15) is 6.04 Å². The van der Waals surface area contributed by atoms with Gasteiger partial charge in [-0.1, -0.05) is 18.7 Å². The van der Waals surface area contributed by atoms with Crippen molar-refractivity contribution in [3.63, 3.8) is 0 Å². The molecule has 0 spiro atoms. The lowest BCUT2D eigenvalue weighted by molar-refractivity contribution is -0.889. The summed E-state index contributed by atoms with van der Waals surface area (Å²) in [5.41, 5.74) is 2.53. The maximum Gasteiger partial charge on any atom is 0.125 e. The van der Waals surface area contributed by atoms with Crippen LogP contribution in [0.1, 0.15) is 26.7 Å². The Kier molecular flexibility index (Phi) is 3.84. The molecule has 0 radical (unpaired) electrons. The summed E-state index contributed by atoms with van der Waals surface area (Å²) in [5.74, 6) is 0. The predicted molar refractivity (Wildman–Crippen MR) is 71.2 cm³/mol. The van der Waals surface area contributed by atoms with Crippen molar-refractivity contribution in [1.82, 2.24) is 4.90 Å². The quantitative estimate of drug-likeness (QED) is 0.523. The average molecular weight is 223 g/mol. The highest BCUT2D eigenvalue weighted by Crippen LogP contribution is 2.29. The summed E-state index contributed by atoms with van der Waals surface area (Å²) in [7, 11) is 6.67. The molecule has 16 heavy (non-hydrogen) atoms. The molecule has 1 aliphatic rings. The minimum atomic E-state index is 0.458. The van der Waals surface area contributed by atoms with E-state index >= 15 is 0 Å². The van der Waals surface area contributed by atoms with Crippen LogP contribution in [0, 0.1) is 0 Å². The first-order valence-electron chi connectivity index (χ1n) is 6.17. The highest BCUT2D eigenvalue weighted by atomic mass is 15.3. The Hall–Kier alpha value is -0.760. The van der Waals surface area contributed by atoms with Gasteiger partial charge in [-0.15, -0.1) is 0 Å². The van der Waals surface area contributed by atoms with Gasteiger partial charge in [-0.05, 0) is 26.7 Å². The first-order chi connectivity index (χ1) is 7.25. The Labute approximate surface area is 101 Å². The first-order valence-corrected chi connectivity index (χ1v) is 6.17. The van der Waals surface area contributed by atoms with Crippen LogP contribution in [0.25, 0.3) is 0 Å². The Morgan fingerprint density at radius 3 is 2.31 bits per heavy atom. The second kappa shape index (κ2) is 4.62. The van der Waals surface area contributed by atoms with Crippen LogP contribution in [0.15, 0.2) is 24.4 Å². The van der Waals surface area contributed by atoms with E-state index in [1.165, 1.54) is 24.1 Å². The molecule has 1 heterocycles. The minimum absolute atomic E-state index is 0.458. The van der Waals surface area contributed by atoms with E-state index in [4.69, 9.17) is 0 Å². The van der Waals surface area contributed by atoms with Crippen molar-refractivity contribution in [1.29, 1.82) is 0 Å². The number of hydrogen-bond acceptors (Lipinski definition) is 1. The van der Waals surface area contributed by atoms with Crippen LogP contribution in [0.3, 0.4) is 0 Å². The summed E-state index contributed by atoms with van der Waals surface area (Å²) in [5, 5.41) is 0. The lowest BCUT2D eigenvalue weighted by Gasteiger charge is -2.38. The molecule has 2 unspecified atom stereocenters. The fourth-order valence-corrected chi connectivity index (χ4v) is 2.31.